The molecule has 0 saturated heterocycles. The summed E-state index contributed by atoms with van der Waals surface area (Å²) < 4.78 is 2.26. The molecular formula is C12H12ClN3OS. The Kier molecular flexibility index (Phi) is 2.87. The van der Waals surface area contributed by atoms with Gasteiger partial charge in [-0.3, -0.25) is 4.79 Å². The van der Waals surface area contributed by atoms with Crippen LogP contribution in [0.4, 0.5) is 0 Å². The Hall–Kier alpha value is -1.33. The number of fused-ring (bicyclic) bond motifs is 1. The van der Waals surface area contributed by atoms with Crippen LogP contribution >= 0.6 is 23.8 Å². The van der Waals surface area contributed by atoms with E-state index in [1.165, 1.54) is 0 Å². The topological polar surface area (TPSA) is 49.8 Å². The lowest BCUT2D eigenvalue weighted by atomic mass is 10.3. The SMILES string of the molecule is O=C(Cn1c(=S)[nH]c2cccc(Cl)c21)NC1CC1. The molecule has 2 N–H and O–H groups in total. The van der Waals surface area contributed by atoms with Crippen molar-refractivity contribution >= 4 is 40.8 Å². The molecule has 18 heavy (non-hydrogen) atoms. The van der Waals surface area contributed by atoms with Gasteiger partial charge in [0.2, 0.25) is 5.91 Å². The van der Waals surface area contributed by atoms with E-state index in [1.807, 2.05) is 12.1 Å². The quantitative estimate of drug-likeness (QED) is 0.850. The summed E-state index contributed by atoms with van der Waals surface area (Å²) in [5, 5.41) is 3.54. The van der Waals surface area contributed by atoms with Gasteiger partial charge in [0.05, 0.1) is 16.1 Å². The van der Waals surface area contributed by atoms with Crippen LogP contribution in [-0.4, -0.2) is 21.5 Å². The van der Waals surface area contributed by atoms with Gasteiger partial charge in [0, 0.05) is 6.04 Å². The molecule has 2 aromatic rings. The van der Waals surface area contributed by atoms with Crippen LogP contribution in [-0.2, 0) is 11.3 Å². The number of carbonyl (C=O) groups is 1. The molecule has 3 rings (SSSR count). The highest BCUT2D eigenvalue weighted by Gasteiger charge is 2.23. The molecule has 1 aromatic carbocycles. The van der Waals surface area contributed by atoms with Gasteiger partial charge in [-0.25, -0.2) is 0 Å². The molecule has 94 valence electrons. The van der Waals surface area contributed by atoms with Crippen molar-refractivity contribution in [2.45, 2.75) is 25.4 Å². The number of aromatic nitrogens is 2. The van der Waals surface area contributed by atoms with Gasteiger partial charge in [-0.05, 0) is 37.2 Å². The molecule has 0 radical (unpaired) electrons. The molecule has 1 heterocycles. The Morgan fingerprint density at radius 2 is 2.33 bits per heavy atom. The van der Waals surface area contributed by atoms with Gasteiger partial charge in [-0.1, -0.05) is 17.7 Å². The van der Waals surface area contributed by atoms with E-state index in [4.69, 9.17) is 23.8 Å². The number of nitrogens with zero attached hydrogens (tertiary/aromatic N) is 1. The molecule has 4 nitrogen and oxygen atoms in total. The van der Waals surface area contributed by atoms with E-state index >= 15 is 0 Å². The van der Waals surface area contributed by atoms with E-state index < -0.39 is 0 Å². The van der Waals surface area contributed by atoms with Gasteiger partial charge in [0.25, 0.3) is 0 Å². The predicted molar refractivity (Wildman–Crippen MR) is 73.3 cm³/mol. The van der Waals surface area contributed by atoms with Crippen LogP contribution < -0.4 is 5.32 Å². The number of carbonyl (C=O) groups excluding carboxylic acids is 1. The van der Waals surface area contributed by atoms with E-state index in [9.17, 15) is 4.79 Å². The van der Waals surface area contributed by atoms with Crippen LogP contribution in [0.25, 0.3) is 11.0 Å². The fourth-order valence-electron chi connectivity index (χ4n) is 1.97. The van der Waals surface area contributed by atoms with Gasteiger partial charge in [-0.2, -0.15) is 0 Å². The van der Waals surface area contributed by atoms with Crippen molar-refractivity contribution in [3.05, 3.63) is 28.0 Å². The first-order valence-electron chi connectivity index (χ1n) is 5.81. The Morgan fingerprint density at radius 1 is 1.56 bits per heavy atom. The second kappa shape index (κ2) is 4.40. The molecule has 1 aliphatic carbocycles. The highest BCUT2D eigenvalue weighted by Crippen LogP contribution is 2.23. The largest absolute Gasteiger partial charge is 0.352 e. The van der Waals surface area contributed by atoms with Crippen LogP contribution in [0.5, 0.6) is 0 Å². The van der Waals surface area contributed by atoms with Gasteiger partial charge in [0.15, 0.2) is 4.77 Å². The van der Waals surface area contributed by atoms with Crippen molar-refractivity contribution in [3.63, 3.8) is 0 Å². The molecule has 1 aromatic heterocycles. The van der Waals surface area contributed by atoms with Gasteiger partial charge < -0.3 is 14.9 Å². The van der Waals surface area contributed by atoms with E-state index in [-0.39, 0.29) is 12.5 Å². The Bertz CT molecular complexity index is 672. The summed E-state index contributed by atoms with van der Waals surface area (Å²) in [4.78, 5) is 14.9. The third-order valence-electron chi connectivity index (χ3n) is 2.99. The number of H-pyrrole nitrogens is 1. The molecule has 0 aliphatic heterocycles. The lowest BCUT2D eigenvalue weighted by Crippen LogP contribution is -2.29. The number of benzene rings is 1. The van der Waals surface area contributed by atoms with Gasteiger partial charge >= 0.3 is 0 Å². The van der Waals surface area contributed by atoms with E-state index in [1.54, 1.807) is 10.6 Å². The third kappa shape index (κ3) is 2.15. The fourth-order valence-corrected chi connectivity index (χ4v) is 2.51. The highest BCUT2D eigenvalue weighted by atomic mass is 35.5. The third-order valence-corrected chi connectivity index (χ3v) is 3.62. The predicted octanol–water partition coefficient (Wildman–Crippen LogP) is 2.63. The summed E-state index contributed by atoms with van der Waals surface area (Å²) in [5.74, 6) is -0.0191. The standard InChI is InChI=1S/C12H12ClN3OS/c13-8-2-1-3-9-11(8)16(12(18)15-9)6-10(17)14-7-4-5-7/h1-3,7H,4-6H2,(H,14,17)(H,15,18). The second-order valence-electron chi connectivity index (χ2n) is 4.49. The van der Waals surface area contributed by atoms with E-state index in [0.717, 1.165) is 23.9 Å². The highest BCUT2D eigenvalue weighted by molar-refractivity contribution is 7.71. The van der Waals surface area contributed by atoms with Gasteiger partial charge in [0.1, 0.15) is 6.54 Å². The number of halogens is 1. The summed E-state index contributed by atoms with van der Waals surface area (Å²) in [7, 11) is 0. The minimum absolute atomic E-state index is 0.0191. The van der Waals surface area contributed by atoms with Crippen molar-refractivity contribution in [2.75, 3.05) is 0 Å². The monoisotopic (exact) mass is 281 g/mol. The molecule has 0 bridgehead atoms. The average Bonchev–Trinajstić information content (AvgIpc) is 3.05. The summed E-state index contributed by atoms with van der Waals surface area (Å²) in [6, 6.07) is 5.89. The maximum atomic E-state index is 11.8. The van der Waals surface area contributed by atoms with Crippen molar-refractivity contribution < 1.29 is 4.79 Å². The molecule has 6 heteroatoms. The minimum Gasteiger partial charge on any atom is -0.352 e. The Morgan fingerprint density at radius 3 is 3.06 bits per heavy atom. The maximum absolute atomic E-state index is 11.8. The zero-order chi connectivity index (χ0) is 12.7. The number of hydrogen-bond acceptors (Lipinski definition) is 2. The lowest BCUT2D eigenvalue weighted by molar-refractivity contribution is -0.121. The molecule has 1 aliphatic rings. The van der Waals surface area contributed by atoms with Crippen molar-refractivity contribution in [1.29, 1.82) is 0 Å². The number of hydrogen-bond donors (Lipinski definition) is 2. The van der Waals surface area contributed by atoms with Crippen molar-refractivity contribution in [1.82, 2.24) is 14.9 Å². The first-order chi connectivity index (χ1) is 8.65. The maximum Gasteiger partial charge on any atom is 0.240 e. The van der Waals surface area contributed by atoms with E-state index in [0.29, 0.717) is 15.8 Å². The van der Waals surface area contributed by atoms with Crippen molar-refractivity contribution in [3.8, 4) is 0 Å². The summed E-state index contributed by atoms with van der Waals surface area (Å²) in [6.45, 7) is 0.207. The average molecular weight is 282 g/mol. The molecule has 1 amide bonds. The normalized spacial score (nSPS) is 14.9. The summed E-state index contributed by atoms with van der Waals surface area (Å²) in [5.41, 5.74) is 1.64. The first kappa shape index (κ1) is 11.7. The molecule has 0 atom stereocenters. The smallest absolute Gasteiger partial charge is 0.240 e. The zero-order valence-corrected chi connectivity index (χ0v) is 11.1. The summed E-state index contributed by atoms with van der Waals surface area (Å²) in [6.07, 6.45) is 2.15. The number of rotatable bonds is 3. The van der Waals surface area contributed by atoms with Crippen molar-refractivity contribution in [2.24, 2.45) is 0 Å². The van der Waals surface area contributed by atoms with Crippen LogP contribution in [0.15, 0.2) is 18.2 Å². The number of aromatic amines is 1. The molecule has 1 saturated carbocycles. The molecular weight excluding hydrogens is 270 g/mol. The van der Waals surface area contributed by atoms with E-state index in [2.05, 4.69) is 10.3 Å². The Balaban J connectivity index is 1.97. The molecule has 1 fully saturated rings. The first-order valence-corrected chi connectivity index (χ1v) is 6.60. The number of amides is 1. The fraction of sp³-hybridized carbons (Fsp3) is 0.333. The number of nitrogens with one attached hydrogen (secondary N) is 2. The Labute approximate surface area is 114 Å². The van der Waals surface area contributed by atoms with Crippen LogP contribution in [0.2, 0.25) is 5.02 Å². The molecule has 0 spiro atoms. The van der Waals surface area contributed by atoms with Crippen LogP contribution in [0, 0.1) is 4.77 Å². The second-order valence-corrected chi connectivity index (χ2v) is 5.29. The zero-order valence-electron chi connectivity index (χ0n) is 9.57. The molecule has 0 unspecified atom stereocenters. The number of imidazole rings is 1. The lowest BCUT2D eigenvalue weighted by Gasteiger charge is -2.06. The summed E-state index contributed by atoms with van der Waals surface area (Å²) >= 11 is 11.4. The number of para-hydroxylation sites is 1. The van der Waals surface area contributed by atoms with Crippen LogP contribution in [0.3, 0.4) is 0 Å². The minimum atomic E-state index is -0.0191. The van der Waals surface area contributed by atoms with Gasteiger partial charge in [-0.15, -0.1) is 0 Å². The van der Waals surface area contributed by atoms with Crippen LogP contribution in [0.1, 0.15) is 12.8 Å².